The quantitative estimate of drug-likeness (QED) is 0.425. The molecule has 0 spiro atoms. The van der Waals surface area contributed by atoms with E-state index < -0.39 is 27.8 Å². The lowest BCUT2D eigenvalue weighted by molar-refractivity contribution is -0.124. The monoisotopic (exact) mass is 504 g/mol. The Morgan fingerprint density at radius 2 is 2.03 bits per heavy atom. The van der Waals surface area contributed by atoms with Crippen molar-refractivity contribution in [2.75, 3.05) is 6.54 Å². The molecule has 1 aliphatic heterocycles. The van der Waals surface area contributed by atoms with Crippen LogP contribution in [-0.2, 0) is 21.4 Å². The Labute approximate surface area is 207 Å². The lowest BCUT2D eigenvalue weighted by atomic mass is 10.0. The molecule has 1 atom stereocenters. The highest BCUT2D eigenvalue weighted by molar-refractivity contribution is 7.89. The number of amides is 1. The van der Waals surface area contributed by atoms with E-state index in [1.54, 1.807) is 12.3 Å². The predicted molar refractivity (Wildman–Crippen MR) is 129 cm³/mol. The maximum atomic E-state index is 13.5. The van der Waals surface area contributed by atoms with Crippen LogP contribution in [0.5, 0.6) is 0 Å². The minimum absolute atomic E-state index is 0.184. The summed E-state index contributed by atoms with van der Waals surface area (Å²) in [6.45, 7) is 0.385. The molecule has 4 aromatic rings. The van der Waals surface area contributed by atoms with Crippen LogP contribution in [-0.4, -0.2) is 36.2 Å². The molecule has 0 saturated carbocycles. The summed E-state index contributed by atoms with van der Waals surface area (Å²) in [5, 5.41) is 12.0. The van der Waals surface area contributed by atoms with Gasteiger partial charge in [0.25, 0.3) is 10.0 Å². The number of benzene rings is 2. The predicted octanol–water partition coefficient (Wildman–Crippen LogP) is 3.98. The second kappa shape index (κ2) is 9.53. The molecule has 1 aliphatic rings. The Hall–Kier alpha value is -4.07. The van der Waals surface area contributed by atoms with Crippen LogP contribution in [0.15, 0.2) is 76.5 Å². The highest BCUT2D eigenvalue weighted by Crippen LogP contribution is 2.30. The smallest absolute Gasteiger partial charge is 0.277 e. The summed E-state index contributed by atoms with van der Waals surface area (Å²) in [4.78, 5) is 17.1. The number of hydrogen-bond donors (Lipinski definition) is 1. The zero-order valence-corrected chi connectivity index (χ0v) is 19.8. The van der Waals surface area contributed by atoms with Crippen LogP contribution in [0.25, 0.3) is 22.1 Å². The van der Waals surface area contributed by atoms with Crippen molar-refractivity contribution >= 4 is 26.9 Å². The summed E-state index contributed by atoms with van der Waals surface area (Å²) < 4.78 is 46.7. The fourth-order valence-corrected chi connectivity index (χ4v) is 5.96. The van der Waals surface area contributed by atoms with Crippen molar-refractivity contribution in [2.45, 2.75) is 30.5 Å². The number of fused-ring (bicyclic) bond motifs is 1. The van der Waals surface area contributed by atoms with Crippen LogP contribution in [0.1, 0.15) is 24.0 Å². The average molecular weight is 505 g/mol. The maximum Gasteiger partial charge on any atom is 0.277 e. The van der Waals surface area contributed by atoms with Crippen molar-refractivity contribution in [3.8, 4) is 17.2 Å². The molecule has 0 aliphatic carbocycles. The Bertz CT molecular complexity index is 1610. The van der Waals surface area contributed by atoms with Gasteiger partial charge in [0.2, 0.25) is 11.0 Å². The van der Waals surface area contributed by atoms with Gasteiger partial charge in [-0.25, -0.2) is 12.8 Å². The second-order valence-electron chi connectivity index (χ2n) is 8.51. The van der Waals surface area contributed by atoms with E-state index in [0.717, 1.165) is 21.0 Å². The van der Waals surface area contributed by atoms with Crippen molar-refractivity contribution in [1.29, 1.82) is 5.26 Å². The van der Waals surface area contributed by atoms with Crippen molar-refractivity contribution in [3.05, 3.63) is 83.9 Å². The number of nitrogens with one attached hydrogen (secondary N) is 1. The molecule has 2 aromatic heterocycles. The Morgan fingerprint density at radius 1 is 1.17 bits per heavy atom. The first-order chi connectivity index (χ1) is 17.3. The molecule has 0 bridgehead atoms. The number of nitriles is 1. The Balaban J connectivity index is 1.31. The number of rotatable bonds is 6. The summed E-state index contributed by atoms with van der Waals surface area (Å²) >= 11 is 0. The fraction of sp³-hybridized carbons (Fsp3) is 0.192. The number of carbonyl (C=O) groups is 1. The number of pyridine rings is 1. The first-order valence-corrected chi connectivity index (χ1v) is 12.7. The summed E-state index contributed by atoms with van der Waals surface area (Å²) in [5.41, 5.74) is 3.14. The molecule has 2 aromatic carbocycles. The van der Waals surface area contributed by atoms with E-state index in [2.05, 4.69) is 16.4 Å². The van der Waals surface area contributed by atoms with Gasteiger partial charge < -0.3 is 9.73 Å². The van der Waals surface area contributed by atoms with Gasteiger partial charge >= 0.3 is 0 Å². The number of sulfonamides is 1. The van der Waals surface area contributed by atoms with Crippen LogP contribution in [0, 0.1) is 17.1 Å². The molecular formula is C26H21FN4O4S. The molecule has 1 amide bonds. The standard InChI is InChI=1S/C26H21FN4O4S/c27-22-6-7-24-20(11-22)12-25(35-24)36(33,34)31-8-2-5-23(31)26(32)30-15-17-3-1-4-19(9-17)21-10-18(13-28)14-29-16-21/h1,3-4,6-7,9-12,14,16,23H,2,5,8,15H2,(H,30,32)/t23-/m0/s1. The van der Waals surface area contributed by atoms with Crippen LogP contribution < -0.4 is 5.32 Å². The van der Waals surface area contributed by atoms with Crippen LogP contribution in [0.3, 0.4) is 0 Å². The lowest BCUT2D eigenvalue weighted by Crippen LogP contribution is -2.45. The summed E-state index contributed by atoms with van der Waals surface area (Å²) in [7, 11) is -4.09. The molecule has 1 fully saturated rings. The molecule has 10 heteroatoms. The highest BCUT2D eigenvalue weighted by atomic mass is 32.2. The van der Waals surface area contributed by atoms with Crippen LogP contribution in [0.2, 0.25) is 0 Å². The number of carbonyl (C=O) groups excluding carboxylic acids is 1. The fourth-order valence-electron chi connectivity index (χ4n) is 4.35. The van der Waals surface area contributed by atoms with E-state index in [1.165, 1.54) is 30.5 Å². The normalized spacial score (nSPS) is 16.2. The third-order valence-corrected chi connectivity index (χ3v) is 7.88. The average Bonchev–Trinajstić information content (AvgIpc) is 3.56. The van der Waals surface area contributed by atoms with Crippen LogP contribution >= 0.6 is 0 Å². The van der Waals surface area contributed by atoms with Gasteiger partial charge in [-0.3, -0.25) is 9.78 Å². The van der Waals surface area contributed by atoms with Crippen LogP contribution in [0.4, 0.5) is 4.39 Å². The molecule has 1 N–H and O–H groups in total. The number of furan rings is 1. The number of halogens is 1. The van der Waals surface area contributed by atoms with E-state index in [0.29, 0.717) is 23.8 Å². The van der Waals surface area contributed by atoms with Gasteiger partial charge in [-0.15, -0.1) is 0 Å². The van der Waals surface area contributed by atoms with E-state index >= 15 is 0 Å². The zero-order chi connectivity index (χ0) is 25.3. The van der Waals surface area contributed by atoms with Gasteiger partial charge in [-0.05, 0) is 54.3 Å². The molecule has 182 valence electrons. The van der Waals surface area contributed by atoms with Gasteiger partial charge in [0.15, 0.2) is 0 Å². The van der Waals surface area contributed by atoms with Crippen molar-refractivity contribution in [2.24, 2.45) is 0 Å². The highest BCUT2D eigenvalue weighted by Gasteiger charge is 2.41. The Morgan fingerprint density at radius 3 is 2.86 bits per heavy atom. The Kier molecular flexibility index (Phi) is 6.26. The molecule has 0 unspecified atom stereocenters. The second-order valence-corrected chi connectivity index (χ2v) is 10.3. The topological polar surface area (TPSA) is 116 Å². The molecule has 3 heterocycles. The van der Waals surface area contributed by atoms with Gasteiger partial charge in [0, 0.05) is 42.5 Å². The van der Waals surface area contributed by atoms with E-state index in [9.17, 15) is 17.6 Å². The minimum atomic E-state index is -4.09. The maximum absolute atomic E-state index is 13.5. The first kappa shape index (κ1) is 23.7. The zero-order valence-electron chi connectivity index (χ0n) is 19.0. The van der Waals surface area contributed by atoms with Crippen molar-refractivity contribution in [1.82, 2.24) is 14.6 Å². The summed E-state index contributed by atoms with van der Waals surface area (Å²) in [6.07, 6.45) is 4.06. The van der Waals surface area contributed by atoms with Crippen molar-refractivity contribution < 1.29 is 22.0 Å². The van der Waals surface area contributed by atoms with Gasteiger partial charge in [0.05, 0.1) is 5.56 Å². The molecule has 0 radical (unpaired) electrons. The van der Waals surface area contributed by atoms with Gasteiger partial charge in [-0.1, -0.05) is 18.2 Å². The van der Waals surface area contributed by atoms with E-state index in [-0.39, 0.29) is 23.8 Å². The molecule has 5 rings (SSSR count). The number of aromatic nitrogens is 1. The third-order valence-electron chi connectivity index (χ3n) is 6.12. The van der Waals surface area contributed by atoms with Crippen molar-refractivity contribution in [3.63, 3.8) is 0 Å². The number of hydrogen-bond acceptors (Lipinski definition) is 6. The molecular weight excluding hydrogens is 483 g/mol. The SMILES string of the molecule is N#Cc1cncc(-c2cccc(CNC(=O)[C@@H]3CCCN3S(=O)(=O)c3cc4cc(F)ccc4o3)c2)c1. The number of nitrogens with zero attached hydrogens (tertiary/aromatic N) is 3. The summed E-state index contributed by atoms with van der Waals surface area (Å²) in [6, 6.07) is 15.4. The largest absolute Gasteiger partial charge is 0.443 e. The molecule has 1 saturated heterocycles. The lowest BCUT2D eigenvalue weighted by Gasteiger charge is -2.22. The molecule has 8 nitrogen and oxygen atoms in total. The van der Waals surface area contributed by atoms with E-state index in [4.69, 9.17) is 9.68 Å². The molecule has 36 heavy (non-hydrogen) atoms. The third kappa shape index (κ3) is 4.58. The van der Waals surface area contributed by atoms with Gasteiger partial charge in [-0.2, -0.15) is 9.57 Å². The van der Waals surface area contributed by atoms with E-state index in [1.807, 2.05) is 24.3 Å². The summed E-state index contributed by atoms with van der Waals surface area (Å²) in [5.74, 6) is -0.902. The van der Waals surface area contributed by atoms with Gasteiger partial charge in [0.1, 0.15) is 23.5 Å². The first-order valence-electron chi connectivity index (χ1n) is 11.3. The minimum Gasteiger partial charge on any atom is -0.443 e.